The smallest absolute Gasteiger partial charge is 0.326 e. The molecule has 14 nitrogen and oxygen atoms in total. The molecule has 1 aromatic heterocycles. The first-order valence-corrected chi connectivity index (χ1v) is 9.41. The third kappa shape index (κ3) is 6.30. The van der Waals surface area contributed by atoms with Crippen LogP contribution in [0.15, 0.2) is 9.52 Å². The zero-order chi connectivity index (χ0) is 22.3. The highest BCUT2D eigenvalue weighted by molar-refractivity contribution is 5.83. The minimum atomic E-state index is -1.07. The van der Waals surface area contributed by atoms with Crippen molar-refractivity contribution < 1.29 is 24.0 Å². The largest absolute Gasteiger partial charge is 0.480 e. The van der Waals surface area contributed by atoms with Crippen LogP contribution in [-0.2, 0) is 9.59 Å². The van der Waals surface area contributed by atoms with Crippen LogP contribution < -0.4 is 28.3 Å². The number of carboxylic acids is 1. The molecule has 0 unspecified atom stereocenters. The van der Waals surface area contributed by atoms with Crippen LogP contribution in [0.25, 0.3) is 0 Å². The van der Waals surface area contributed by atoms with Crippen molar-refractivity contribution >= 4 is 23.9 Å². The summed E-state index contributed by atoms with van der Waals surface area (Å²) in [6, 6.07) is -3.04. The Morgan fingerprint density at radius 1 is 1.33 bits per heavy atom. The summed E-state index contributed by atoms with van der Waals surface area (Å²) in [6.45, 7) is 0.625. The summed E-state index contributed by atoms with van der Waals surface area (Å²) in [5.74, 6) is -1.62. The fourth-order valence-corrected chi connectivity index (χ4v) is 3.11. The van der Waals surface area contributed by atoms with Gasteiger partial charge in [0.25, 0.3) is 0 Å². The van der Waals surface area contributed by atoms with Gasteiger partial charge in [0.1, 0.15) is 12.1 Å². The fourth-order valence-electron chi connectivity index (χ4n) is 3.11. The molecule has 1 saturated heterocycles. The van der Waals surface area contributed by atoms with E-state index in [0.717, 1.165) is 0 Å². The van der Waals surface area contributed by atoms with Gasteiger partial charge in [0, 0.05) is 19.5 Å². The maximum absolute atomic E-state index is 12.7. The summed E-state index contributed by atoms with van der Waals surface area (Å²) in [5, 5.41) is 15.8. The molecule has 3 amide bonds. The van der Waals surface area contributed by atoms with Crippen LogP contribution in [0.4, 0.5) is 4.79 Å². The minimum Gasteiger partial charge on any atom is -0.480 e. The molecule has 0 radical (unpaired) electrons. The van der Waals surface area contributed by atoms with E-state index in [4.69, 9.17) is 27.5 Å². The molecular weight excluding hydrogens is 398 g/mol. The Bertz CT molecular complexity index is 792. The first-order chi connectivity index (χ1) is 14.2. The number of aliphatic imine (C=N–C) groups is 1. The molecule has 0 saturated carbocycles. The van der Waals surface area contributed by atoms with Gasteiger partial charge in [-0.25, -0.2) is 9.59 Å². The van der Waals surface area contributed by atoms with E-state index in [0.29, 0.717) is 38.8 Å². The van der Waals surface area contributed by atoms with E-state index in [-0.39, 0.29) is 24.1 Å². The molecule has 1 aliphatic heterocycles. The maximum Gasteiger partial charge on any atom is 0.326 e. The van der Waals surface area contributed by atoms with Gasteiger partial charge in [0.2, 0.25) is 11.8 Å². The monoisotopic (exact) mass is 425 g/mol. The van der Waals surface area contributed by atoms with Gasteiger partial charge in [-0.05, 0) is 25.7 Å². The van der Waals surface area contributed by atoms with E-state index >= 15 is 0 Å². The van der Waals surface area contributed by atoms with E-state index in [9.17, 15) is 19.5 Å². The van der Waals surface area contributed by atoms with E-state index in [1.807, 2.05) is 0 Å². The lowest BCUT2D eigenvalue weighted by Gasteiger charge is -2.24. The number of urea groups is 1. The Morgan fingerprint density at radius 2 is 2.07 bits per heavy atom. The average molecular weight is 425 g/mol. The first-order valence-electron chi connectivity index (χ1n) is 9.41. The molecule has 0 bridgehead atoms. The molecule has 14 heteroatoms. The molecule has 166 valence electrons. The summed E-state index contributed by atoms with van der Waals surface area (Å²) < 4.78 is 5.22. The van der Waals surface area contributed by atoms with Gasteiger partial charge in [0.15, 0.2) is 11.8 Å². The number of primary amides is 1. The number of nitrogens with zero attached hydrogens (tertiary/aromatic N) is 4. The Balaban J connectivity index is 2.13. The molecule has 3 atom stereocenters. The summed E-state index contributed by atoms with van der Waals surface area (Å²) in [6.07, 6.45) is 1.60. The second kappa shape index (κ2) is 10.4. The first kappa shape index (κ1) is 22.9. The quantitative estimate of drug-likeness (QED) is 0.141. The highest BCUT2D eigenvalue weighted by Crippen LogP contribution is 2.22. The molecular formula is C16H27N9O5. The zero-order valence-electron chi connectivity index (χ0n) is 16.4. The van der Waals surface area contributed by atoms with Crippen molar-refractivity contribution in [1.82, 2.24) is 20.4 Å². The number of guanidine groups is 1. The summed E-state index contributed by atoms with van der Waals surface area (Å²) in [5.41, 5.74) is 21.6. The average Bonchev–Trinajstić information content (AvgIpc) is 3.32. The van der Waals surface area contributed by atoms with Crippen molar-refractivity contribution in [2.45, 2.75) is 50.2 Å². The van der Waals surface area contributed by atoms with Gasteiger partial charge >= 0.3 is 12.0 Å². The van der Waals surface area contributed by atoms with Crippen molar-refractivity contribution in [2.24, 2.45) is 27.9 Å². The fraction of sp³-hybridized carbons (Fsp3) is 0.625. The molecule has 2 rings (SSSR count). The van der Waals surface area contributed by atoms with E-state index in [2.05, 4.69) is 20.4 Å². The molecule has 10 N–H and O–H groups in total. The van der Waals surface area contributed by atoms with Crippen LogP contribution in [0, 0.1) is 0 Å². The van der Waals surface area contributed by atoms with Crippen LogP contribution in [-0.4, -0.2) is 63.1 Å². The van der Waals surface area contributed by atoms with Gasteiger partial charge in [-0.15, -0.1) is 0 Å². The molecule has 0 spiro atoms. The number of nitrogens with one attached hydrogen (secondary N) is 1. The predicted octanol–water partition coefficient (Wildman–Crippen LogP) is -1.70. The highest BCUT2D eigenvalue weighted by Gasteiger charge is 2.35. The number of hydrogen-bond acceptors (Lipinski definition) is 8. The molecule has 1 aliphatic rings. The molecule has 0 aliphatic carbocycles. The highest BCUT2D eigenvalue weighted by atomic mass is 16.5. The summed E-state index contributed by atoms with van der Waals surface area (Å²) in [7, 11) is 0. The van der Waals surface area contributed by atoms with Gasteiger partial charge in [-0.3, -0.25) is 9.79 Å². The standard InChI is InChI=1S/C16H27N9O5/c17-8(7-11(18)26)12-23-13(30-24-12)9(3-1-5-21-15(19)20)22-16(29)25-6-2-4-10(25)14(27)28/h8-10H,1-7,17H2,(H2,18,26)(H,22,29)(H,27,28)(H4,19,20,21)/t8-,9-,10+/m0/s1. The molecule has 1 fully saturated rings. The molecule has 1 aromatic rings. The number of rotatable bonds is 10. The van der Waals surface area contributed by atoms with Crippen molar-refractivity contribution in [1.29, 1.82) is 0 Å². The van der Waals surface area contributed by atoms with Crippen LogP contribution in [0.2, 0.25) is 0 Å². The maximum atomic E-state index is 12.7. The van der Waals surface area contributed by atoms with Crippen molar-refractivity contribution in [3.63, 3.8) is 0 Å². The number of hydrogen-bond donors (Lipinski definition) is 6. The Hall–Kier alpha value is -3.42. The normalized spacial score (nSPS) is 17.9. The second-order valence-corrected chi connectivity index (χ2v) is 6.91. The second-order valence-electron chi connectivity index (χ2n) is 6.91. The summed E-state index contributed by atoms with van der Waals surface area (Å²) in [4.78, 5) is 44.4. The van der Waals surface area contributed by atoms with Crippen molar-refractivity contribution in [2.75, 3.05) is 13.1 Å². The number of likely N-dealkylation sites (tertiary alicyclic amines) is 1. The lowest BCUT2D eigenvalue weighted by atomic mass is 10.1. The molecule has 30 heavy (non-hydrogen) atoms. The van der Waals surface area contributed by atoms with Gasteiger partial charge in [-0.1, -0.05) is 5.16 Å². The van der Waals surface area contributed by atoms with Gasteiger partial charge < -0.3 is 42.8 Å². The van der Waals surface area contributed by atoms with Crippen molar-refractivity contribution in [3.8, 4) is 0 Å². The molecule has 2 heterocycles. The van der Waals surface area contributed by atoms with E-state index in [1.54, 1.807) is 0 Å². The number of aliphatic carboxylic acids is 1. The van der Waals surface area contributed by atoms with Crippen molar-refractivity contribution in [3.05, 3.63) is 11.7 Å². The van der Waals surface area contributed by atoms with Crippen LogP contribution in [0.5, 0.6) is 0 Å². The van der Waals surface area contributed by atoms with Crippen LogP contribution >= 0.6 is 0 Å². The molecule has 0 aromatic carbocycles. The third-order valence-electron chi connectivity index (χ3n) is 4.55. The van der Waals surface area contributed by atoms with Crippen LogP contribution in [0.3, 0.4) is 0 Å². The lowest BCUT2D eigenvalue weighted by Crippen LogP contribution is -2.47. The number of carbonyl (C=O) groups excluding carboxylic acids is 2. The minimum absolute atomic E-state index is 0.0607. The van der Waals surface area contributed by atoms with Gasteiger partial charge in [-0.2, -0.15) is 4.98 Å². The summed E-state index contributed by atoms with van der Waals surface area (Å²) >= 11 is 0. The number of aromatic nitrogens is 2. The number of carbonyl (C=O) groups is 3. The third-order valence-corrected chi connectivity index (χ3v) is 4.55. The van der Waals surface area contributed by atoms with Crippen LogP contribution in [0.1, 0.15) is 55.9 Å². The number of nitrogens with two attached hydrogens (primary N) is 4. The topological polar surface area (TPSA) is 242 Å². The SMILES string of the molecule is NC(=O)C[C@H](N)c1noc([C@H](CCCN=C(N)N)NC(=O)N2CCC[C@@H]2C(=O)O)n1. The van der Waals surface area contributed by atoms with Gasteiger partial charge in [0.05, 0.1) is 6.04 Å². The Morgan fingerprint density at radius 3 is 2.70 bits per heavy atom. The zero-order valence-corrected chi connectivity index (χ0v) is 16.4. The van der Waals surface area contributed by atoms with E-state index in [1.165, 1.54) is 4.90 Å². The number of carboxylic acid groups (broad SMARTS) is 1. The predicted molar refractivity (Wildman–Crippen MR) is 104 cm³/mol. The Kier molecular flexibility index (Phi) is 7.91. The number of amides is 3. The lowest BCUT2D eigenvalue weighted by molar-refractivity contribution is -0.141. The van der Waals surface area contributed by atoms with E-state index < -0.39 is 36.0 Å². The Labute approximate surface area is 172 Å².